The van der Waals surface area contributed by atoms with Crippen LogP contribution in [0.5, 0.6) is 5.75 Å². The molecule has 1 aromatic carbocycles. The SMILES string of the molecule is N=C(N)c1ccc(OCCOC2CCCC2)cc1. The molecule has 1 aromatic rings. The normalized spacial score (nSPS) is 15.8. The third kappa shape index (κ3) is 3.74. The Balaban J connectivity index is 1.68. The summed E-state index contributed by atoms with van der Waals surface area (Å²) in [5.74, 6) is 0.862. The van der Waals surface area contributed by atoms with Crippen molar-refractivity contribution in [1.29, 1.82) is 5.41 Å². The van der Waals surface area contributed by atoms with Crippen molar-refractivity contribution in [2.24, 2.45) is 5.73 Å². The second-order valence-electron chi connectivity index (χ2n) is 4.56. The molecule has 0 radical (unpaired) electrons. The zero-order chi connectivity index (χ0) is 12.8. The Morgan fingerprint density at radius 2 is 1.83 bits per heavy atom. The van der Waals surface area contributed by atoms with Crippen molar-refractivity contribution in [3.05, 3.63) is 29.8 Å². The molecular formula is C14H20N2O2. The van der Waals surface area contributed by atoms with Crippen molar-refractivity contribution in [2.45, 2.75) is 31.8 Å². The van der Waals surface area contributed by atoms with Gasteiger partial charge in [-0.15, -0.1) is 0 Å². The molecule has 18 heavy (non-hydrogen) atoms. The molecule has 3 N–H and O–H groups in total. The Kier molecular flexibility index (Phi) is 4.59. The molecule has 2 rings (SSSR count). The number of rotatable bonds is 6. The molecule has 0 heterocycles. The van der Waals surface area contributed by atoms with Crippen molar-refractivity contribution in [3.63, 3.8) is 0 Å². The molecule has 4 nitrogen and oxygen atoms in total. The highest BCUT2D eigenvalue weighted by molar-refractivity contribution is 5.94. The number of nitrogens with one attached hydrogen (secondary N) is 1. The van der Waals surface area contributed by atoms with Gasteiger partial charge in [-0.05, 0) is 37.1 Å². The molecule has 0 aromatic heterocycles. The summed E-state index contributed by atoms with van der Waals surface area (Å²) in [6.45, 7) is 1.20. The van der Waals surface area contributed by atoms with Gasteiger partial charge in [0.25, 0.3) is 0 Å². The van der Waals surface area contributed by atoms with Crippen molar-refractivity contribution in [1.82, 2.24) is 0 Å². The van der Waals surface area contributed by atoms with Gasteiger partial charge >= 0.3 is 0 Å². The molecule has 0 spiro atoms. The summed E-state index contributed by atoms with van der Waals surface area (Å²) in [5.41, 5.74) is 6.09. The fourth-order valence-electron chi connectivity index (χ4n) is 2.16. The Hall–Kier alpha value is -1.55. The highest BCUT2D eigenvalue weighted by Crippen LogP contribution is 2.20. The Bertz CT molecular complexity index is 383. The zero-order valence-corrected chi connectivity index (χ0v) is 10.5. The van der Waals surface area contributed by atoms with Crippen molar-refractivity contribution < 1.29 is 9.47 Å². The number of amidine groups is 1. The lowest BCUT2D eigenvalue weighted by Gasteiger charge is -2.11. The van der Waals surface area contributed by atoms with E-state index in [1.165, 1.54) is 25.7 Å². The highest BCUT2D eigenvalue weighted by Gasteiger charge is 2.14. The van der Waals surface area contributed by atoms with Crippen LogP contribution in [0, 0.1) is 5.41 Å². The van der Waals surface area contributed by atoms with Crippen LogP contribution in [0.15, 0.2) is 24.3 Å². The Labute approximate surface area is 108 Å². The highest BCUT2D eigenvalue weighted by atomic mass is 16.5. The summed E-state index contributed by atoms with van der Waals surface area (Å²) in [6, 6.07) is 7.23. The molecule has 1 fully saturated rings. The van der Waals surface area contributed by atoms with Crippen molar-refractivity contribution in [2.75, 3.05) is 13.2 Å². The van der Waals surface area contributed by atoms with Gasteiger partial charge in [0, 0.05) is 5.56 Å². The third-order valence-electron chi connectivity index (χ3n) is 3.17. The van der Waals surface area contributed by atoms with E-state index < -0.39 is 0 Å². The predicted octanol–water partition coefficient (Wildman–Crippen LogP) is 2.31. The molecule has 0 aliphatic heterocycles. The van der Waals surface area contributed by atoms with Gasteiger partial charge < -0.3 is 15.2 Å². The molecule has 1 saturated carbocycles. The average Bonchev–Trinajstić information content (AvgIpc) is 2.88. The summed E-state index contributed by atoms with van der Waals surface area (Å²) < 4.78 is 11.3. The van der Waals surface area contributed by atoms with E-state index in [1.807, 2.05) is 12.1 Å². The lowest BCUT2D eigenvalue weighted by Crippen LogP contribution is -2.14. The first kappa shape index (κ1) is 12.9. The van der Waals surface area contributed by atoms with E-state index in [-0.39, 0.29) is 5.84 Å². The minimum atomic E-state index is 0.0751. The van der Waals surface area contributed by atoms with Crippen molar-refractivity contribution >= 4 is 5.84 Å². The Morgan fingerprint density at radius 1 is 1.17 bits per heavy atom. The van der Waals surface area contributed by atoms with Crippen LogP contribution in [0.1, 0.15) is 31.2 Å². The van der Waals surface area contributed by atoms with Gasteiger partial charge in [-0.1, -0.05) is 12.8 Å². The zero-order valence-electron chi connectivity index (χ0n) is 10.5. The molecule has 98 valence electrons. The predicted molar refractivity (Wildman–Crippen MR) is 71.2 cm³/mol. The van der Waals surface area contributed by atoms with Gasteiger partial charge in [-0.3, -0.25) is 5.41 Å². The van der Waals surface area contributed by atoms with Crippen LogP contribution in [0.4, 0.5) is 0 Å². The Morgan fingerprint density at radius 3 is 2.44 bits per heavy atom. The fourth-order valence-corrected chi connectivity index (χ4v) is 2.16. The number of nitrogens with two attached hydrogens (primary N) is 1. The molecule has 0 bridgehead atoms. The quantitative estimate of drug-likeness (QED) is 0.461. The van der Waals surface area contributed by atoms with Gasteiger partial charge in [0.15, 0.2) is 0 Å². The fraction of sp³-hybridized carbons (Fsp3) is 0.500. The number of hydrogen-bond acceptors (Lipinski definition) is 3. The third-order valence-corrected chi connectivity index (χ3v) is 3.17. The maximum Gasteiger partial charge on any atom is 0.122 e. The number of benzene rings is 1. The monoisotopic (exact) mass is 248 g/mol. The summed E-state index contributed by atoms with van der Waals surface area (Å²) in [6.07, 6.45) is 5.39. The van der Waals surface area contributed by atoms with E-state index in [0.717, 1.165) is 5.75 Å². The van der Waals surface area contributed by atoms with Crippen LogP contribution in [0.25, 0.3) is 0 Å². The van der Waals surface area contributed by atoms with Gasteiger partial charge in [0.1, 0.15) is 18.2 Å². The van der Waals surface area contributed by atoms with Gasteiger partial charge in [0.05, 0.1) is 12.7 Å². The standard InChI is InChI=1S/C14H20N2O2/c15-14(16)11-5-7-13(8-6-11)18-10-9-17-12-3-1-2-4-12/h5-8,12H,1-4,9-10H2,(H3,15,16). The van der Waals surface area contributed by atoms with E-state index >= 15 is 0 Å². The number of nitrogen functional groups attached to an aromatic ring is 1. The van der Waals surface area contributed by atoms with Gasteiger partial charge in [-0.2, -0.15) is 0 Å². The molecule has 4 heteroatoms. The smallest absolute Gasteiger partial charge is 0.122 e. The van der Waals surface area contributed by atoms with Crippen LogP contribution in [0.2, 0.25) is 0 Å². The van der Waals surface area contributed by atoms with E-state index in [1.54, 1.807) is 12.1 Å². The molecule has 0 atom stereocenters. The molecule has 0 unspecified atom stereocenters. The maximum absolute atomic E-state index is 7.29. The lowest BCUT2D eigenvalue weighted by molar-refractivity contribution is 0.0382. The lowest BCUT2D eigenvalue weighted by atomic mass is 10.2. The van der Waals surface area contributed by atoms with Crippen LogP contribution >= 0.6 is 0 Å². The minimum Gasteiger partial charge on any atom is -0.491 e. The average molecular weight is 248 g/mol. The van der Waals surface area contributed by atoms with Crippen LogP contribution < -0.4 is 10.5 Å². The molecular weight excluding hydrogens is 228 g/mol. The van der Waals surface area contributed by atoms with Crippen LogP contribution in [0.3, 0.4) is 0 Å². The van der Waals surface area contributed by atoms with Crippen molar-refractivity contribution in [3.8, 4) is 5.75 Å². The second kappa shape index (κ2) is 6.40. The minimum absolute atomic E-state index is 0.0751. The van der Waals surface area contributed by atoms with E-state index in [2.05, 4.69) is 0 Å². The van der Waals surface area contributed by atoms with Crippen LogP contribution in [-0.2, 0) is 4.74 Å². The van der Waals surface area contributed by atoms with Gasteiger partial charge in [0.2, 0.25) is 0 Å². The van der Waals surface area contributed by atoms with Crippen LogP contribution in [-0.4, -0.2) is 25.2 Å². The first-order valence-electron chi connectivity index (χ1n) is 6.44. The summed E-state index contributed by atoms with van der Waals surface area (Å²) >= 11 is 0. The summed E-state index contributed by atoms with van der Waals surface area (Å²) in [7, 11) is 0. The first-order valence-corrected chi connectivity index (χ1v) is 6.44. The second-order valence-corrected chi connectivity index (χ2v) is 4.56. The molecule has 0 amide bonds. The van der Waals surface area contributed by atoms with E-state index in [9.17, 15) is 0 Å². The number of hydrogen-bond donors (Lipinski definition) is 2. The largest absolute Gasteiger partial charge is 0.491 e. The molecule has 0 saturated heterocycles. The van der Waals surface area contributed by atoms with E-state index in [0.29, 0.717) is 24.9 Å². The first-order chi connectivity index (χ1) is 8.75. The van der Waals surface area contributed by atoms with Gasteiger partial charge in [-0.25, -0.2) is 0 Å². The maximum atomic E-state index is 7.29. The molecule has 1 aliphatic carbocycles. The number of ether oxygens (including phenoxy) is 2. The molecule has 1 aliphatic rings. The topological polar surface area (TPSA) is 68.3 Å². The summed E-state index contributed by atoms with van der Waals surface area (Å²) in [4.78, 5) is 0. The summed E-state index contributed by atoms with van der Waals surface area (Å²) in [5, 5.41) is 7.29. The van der Waals surface area contributed by atoms with E-state index in [4.69, 9.17) is 20.6 Å².